The normalized spacial score (nSPS) is 20.0. The molecule has 1 saturated heterocycles. The summed E-state index contributed by atoms with van der Waals surface area (Å²) in [6.45, 7) is 4.13. The molecule has 3 heterocycles. The van der Waals surface area contributed by atoms with Crippen molar-refractivity contribution in [3.8, 4) is 0 Å². The molecule has 0 spiro atoms. The second-order valence-corrected chi connectivity index (χ2v) is 6.31. The van der Waals surface area contributed by atoms with Gasteiger partial charge in [0.25, 0.3) is 5.91 Å². The molecule has 1 unspecified atom stereocenters. The highest BCUT2D eigenvalue weighted by Gasteiger charge is 2.32. The first kappa shape index (κ1) is 14.2. The first-order valence-corrected chi connectivity index (χ1v) is 8.22. The number of hydrogen-bond donors (Lipinski definition) is 0. The van der Waals surface area contributed by atoms with Crippen LogP contribution in [0.4, 0.5) is 11.5 Å². The van der Waals surface area contributed by atoms with E-state index in [0.29, 0.717) is 5.69 Å². The van der Waals surface area contributed by atoms with E-state index in [-0.39, 0.29) is 11.9 Å². The van der Waals surface area contributed by atoms with Gasteiger partial charge in [0.05, 0.1) is 12.4 Å². The topological polar surface area (TPSA) is 49.3 Å². The van der Waals surface area contributed by atoms with E-state index in [1.807, 2.05) is 23.1 Å². The monoisotopic (exact) mass is 308 g/mol. The zero-order valence-electron chi connectivity index (χ0n) is 13.3. The number of nitrogens with zero attached hydrogens (tertiary/aromatic N) is 4. The minimum absolute atomic E-state index is 0.0667. The maximum absolute atomic E-state index is 12.9. The van der Waals surface area contributed by atoms with Gasteiger partial charge in [-0.05, 0) is 37.8 Å². The van der Waals surface area contributed by atoms with Crippen LogP contribution in [0, 0.1) is 0 Å². The van der Waals surface area contributed by atoms with Gasteiger partial charge >= 0.3 is 0 Å². The number of para-hydroxylation sites is 1. The number of aromatic nitrogens is 2. The maximum Gasteiger partial charge on any atom is 0.278 e. The van der Waals surface area contributed by atoms with Gasteiger partial charge in [-0.1, -0.05) is 18.2 Å². The SMILES string of the molecule is CC1Cc2ccccc2N1C(=O)c1cnc(N2CCCC2)cn1. The van der Waals surface area contributed by atoms with Crippen LogP contribution in [0.5, 0.6) is 0 Å². The number of rotatable bonds is 2. The number of fused-ring (bicyclic) bond motifs is 1. The van der Waals surface area contributed by atoms with Crippen LogP contribution in [0.3, 0.4) is 0 Å². The van der Waals surface area contributed by atoms with Crippen LogP contribution >= 0.6 is 0 Å². The van der Waals surface area contributed by atoms with Gasteiger partial charge in [-0.15, -0.1) is 0 Å². The summed E-state index contributed by atoms with van der Waals surface area (Å²) in [5.41, 5.74) is 2.63. The lowest BCUT2D eigenvalue weighted by molar-refractivity contribution is 0.0976. The fourth-order valence-electron chi connectivity index (χ4n) is 3.54. The molecule has 1 atom stereocenters. The first-order valence-electron chi connectivity index (χ1n) is 8.22. The van der Waals surface area contributed by atoms with Crippen LogP contribution in [-0.4, -0.2) is 35.0 Å². The molecule has 2 aliphatic heterocycles. The van der Waals surface area contributed by atoms with Crippen LogP contribution in [0.15, 0.2) is 36.7 Å². The highest BCUT2D eigenvalue weighted by Crippen LogP contribution is 2.32. The van der Waals surface area contributed by atoms with Gasteiger partial charge in [0.15, 0.2) is 0 Å². The Morgan fingerprint density at radius 1 is 1.13 bits per heavy atom. The summed E-state index contributed by atoms with van der Waals surface area (Å²) < 4.78 is 0. The molecule has 1 amide bonds. The van der Waals surface area contributed by atoms with E-state index < -0.39 is 0 Å². The van der Waals surface area contributed by atoms with E-state index in [1.165, 1.54) is 18.4 Å². The van der Waals surface area contributed by atoms with Gasteiger partial charge in [-0.3, -0.25) is 4.79 Å². The van der Waals surface area contributed by atoms with Crippen LogP contribution in [0.2, 0.25) is 0 Å². The molecule has 0 saturated carbocycles. The fourth-order valence-corrected chi connectivity index (χ4v) is 3.54. The lowest BCUT2D eigenvalue weighted by Gasteiger charge is -2.22. The minimum atomic E-state index is -0.0667. The molecular weight excluding hydrogens is 288 g/mol. The summed E-state index contributed by atoms with van der Waals surface area (Å²) in [7, 11) is 0. The van der Waals surface area contributed by atoms with E-state index in [0.717, 1.165) is 31.0 Å². The van der Waals surface area contributed by atoms with E-state index in [4.69, 9.17) is 0 Å². The molecule has 2 aromatic rings. The number of benzene rings is 1. The zero-order valence-corrected chi connectivity index (χ0v) is 13.3. The summed E-state index contributed by atoms with van der Waals surface area (Å²) in [6.07, 6.45) is 6.63. The van der Waals surface area contributed by atoms with Gasteiger partial charge in [-0.2, -0.15) is 0 Å². The van der Waals surface area contributed by atoms with Gasteiger partial charge in [0.2, 0.25) is 0 Å². The van der Waals surface area contributed by atoms with Crippen molar-refractivity contribution < 1.29 is 4.79 Å². The number of carbonyl (C=O) groups excluding carboxylic acids is 1. The second kappa shape index (κ2) is 5.65. The zero-order chi connectivity index (χ0) is 15.8. The van der Waals surface area contributed by atoms with Gasteiger partial charge in [0.1, 0.15) is 11.5 Å². The Kier molecular flexibility index (Phi) is 3.48. The molecule has 0 aliphatic carbocycles. The van der Waals surface area contributed by atoms with Crippen molar-refractivity contribution in [1.82, 2.24) is 9.97 Å². The summed E-state index contributed by atoms with van der Waals surface area (Å²) >= 11 is 0. The van der Waals surface area contributed by atoms with Crippen molar-refractivity contribution in [1.29, 1.82) is 0 Å². The van der Waals surface area contributed by atoms with Gasteiger partial charge < -0.3 is 9.80 Å². The Bertz CT molecular complexity index is 722. The summed E-state index contributed by atoms with van der Waals surface area (Å²) in [5.74, 6) is 0.803. The third-order valence-corrected chi connectivity index (χ3v) is 4.71. The van der Waals surface area contributed by atoms with Crippen molar-refractivity contribution in [3.63, 3.8) is 0 Å². The predicted octanol–water partition coefficient (Wildman–Crippen LogP) is 2.67. The van der Waals surface area contributed by atoms with Crippen molar-refractivity contribution in [2.75, 3.05) is 22.9 Å². The van der Waals surface area contributed by atoms with E-state index >= 15 is 0 Å². The molecular formula is C18H20N4O. The Morgan fingerprint density at radius 2 is 1.91 bits per heavy atom. The van der Waals surface area contributed by atoms with Crippen molar-refractivity contribution >= 4 is 17.4 Å². The summed E-state index contributed by atoms with van der Waals surface area (Å²) in [5, 5.41) is 0. The van der Waals surface area contributed by atoms with E-state index in [2.05, 4.69) is 27.9 Å². The largest absolute Gasteiger partial charge is 0.355 e. The molecule has 5 heteroatoms. The van der Waals surface area contributed by atoms with Crippen molar-refractivity contribution in [2.24, 2.45) is 0 Å². The average Bonchev–Trinajstić information content (AvgIpc) is 3.21. The highest BCUT2D eigenvalue weighted by molar-refractivity contribution is 6.06. The van der Waals surface area contributed by atoms with Crippen LogP contribution < -0.4 is 9.80 Å². The van der Waals surface area contributed by atoms with Crippen molar-refractivity contribution in [2.45, 2.75) is 32.2 Å². The molecule has 118 valence electrons. The molecule has 1 aromatic heterocycles. The van der Waals surface area contributed by atoms with Crippen LogP contribution in [0.25, 0.3) is 0 Å². The molecule has 2 aliphatic rings. The molecule has 1 aromatic carbocycles. The first-order chi connectivity index (χ1) is 11.2. The summed E-state index contributed by atoms with van der Waals surface area (Å²) in [4.78, 5) is 25.8. The minimum Gasteiger partial charge on any atom is -0.355 e. The third-order valence-electron chi connectivity index (χ3n) is 4.71. The highest BCUT2D eigenvalue weighted by atomic mass is 16.2. The fraction of sp³-hybridized carbons (Fsp3) is 0.389. The second-order valence-electron chi connectivity index (χ2n) is 6.31. The Morgan fingerprint density at radius 3 is 2.65 bits per heavy atom. The molecule has 1 fully saturated rings. The number of anilines is 2. The van der Waals surface area contributed by atoms with Crippen molar-refractivity contribution in [3.05, 3.63) is 47.9 Å². The van der Waals surface area contributed by atoms with Crippen LogP contribution in [-0.2, 0) is 6.42 Å². The number of amides is 1. The molecule has 23 heavy (non-hydrogen) atoms. The Labute approximate surface area is 136 Å². The summed E-state index contributed by atoms with van der Waals surface area (Å²) in [6, 6.07) is 8.23. The van der Waals surface area contributed by atoms with Gasteiger partial charge in [-0.25, -0.2) is 9.97 Å². The molecule has 0 N–H and O–H groups in total. The Balaban J connectivity index is 1.59. The maximum atomic E-state index is 12.9. The Hall–Kier alpha value is -2.43. The molecule has 5 nitrogen and oxygen atoms in total. The van der Waals surface area contributed by atoms with Gasteiger partial charge in [0, 0.05) is 24.8 Å². The average molecular weight is 308 g/mol. The number of hydrogen-bond acceptors (Lipinski definition) is 4. The molecule has 0 radical (unpaired) electrons. The third kappa shape index (κ3) is 2.46. The standard InChI is InChI=1S/C18H20N4O/c1-13-10-14-6-2-3-7-16(14)22(13)18(23)15-11-20-17(12-19-15)21-8-4-5-9-21/h2-3,6-7,11-13H,4-5,8-10H2,1H3. The lowest BCUT2D eigenvalue weighted by atomic mass is 10.1. The van der Waals surface area contributed by atoms with Crippen LogP contribution in [0.1, 0.15) is 35.8 Å². The smallest absolute Gasteiger partial charge is 0.278 e. The van der Waals surface area contributed by atoms with E-state index in [9.17, 15) is 4.79 Å². The molecule has 4 rings (SSSR count). The molecule has 0 bridgehead atoms. The predicted molar refractivity (Wildman–Crippen MR) is 89.9 cm³/mol. The quantitative estimate of drug-likeness (QED) is 0.856. The number of carbonyl (C=O) groups is 1. The van der Waals surface area contributed by atoms with E-state index in [1.54, 1.807) is 12.4 Å². The lowest BCUT2D eigenvalue weighted by Crippen LogP contribution is -2.36.